The summed E-state index contributed by atoms with van der Waals surface area (Å²) < 4.78 is 32.9. The molecule has 3 rings (SSSR count). The van der Waals surface area contributed by atoms with E-state index in [9.17, 15) is 8.42 Å². The Morgan fingerprint density at radius 2 is 1.69 bits per heavy atom. The van der Waals surface area contributed by atoms with Gasteiger partial charge in [0.1, 0.15) is 0 Å². The third-order valence-electron chi connectivity index (χ3n) is 3.77. The van der Waals surface area contributed by atoms with Crippen molar-refractivity contribution >= 4 is 21.6 Å². The van der Waals surface area contributed by atoms with Gasteiger partial charge in [0.05, 0.1) is 11.4 Å². The van der Waals surface area contributed by atoms with Crippen LogP contribution in [0.5, 0.6) is 0 Å². The molecule has 6 nitrogen and oxygen atoms in total. The highest BCUT2D eigenvalue weighted by atomic mass is 35.5. The van der Waals surface area contributed by atoms with Crippen LogP contribution in [0.3, 0.4) is 0 Å². The van der Waals surface area contributed by atoms with E-state index in [1.165, 1.54) is 16.4 Å². The second-order valence-corrected chi connectivity index (χ2v) is 8.29. The minimum Gasteiger partial charge on any atom is -0.419 e. The first kappa shape index (κ1) is 18.6. The molecule has 0 atom stereocenters. The first-order valence-electron chi connectivity index (χ1n) is 8.03. The lowest BCUT2D eigenvalue weighted by Crippen LogP contribution is -2.36. The average molecular weight is 392 g/mol. The van der Waals surface area contributed by atoms with E-state index in [0.29, 0.717) is 10.9 Å². The first-order valence-corrected chi connectivity index (χ1v) is 9.85. The van der Waals surface area contributed by atoms with E-state index in [0.717, 1.165) is 5.56 Å². The van der Waals surface area contributed by atoms with E-state index in [1.54, 1.807) is 26.0 Å². The molecule has 3 aromatic rings. The molecule has 8 heteroatoms. The van der Waals surface area contributed by atoms with Crippen LogP contribution in [0, 0.1) is 0 Å². The number of rotatable bonds is 6. The molecule has 0 spiro atoms. The van der Waals surface area contributed by atoms with Gasteiger partial charge < -0.3 is 4.42 Å². The zero-order chi connectivity index (χ0) is 18.7. The number of sulfonamides is 1. The van der Waals surface area contributed by atoms with Crippen LogP contribution in [0.25, 0.3) is 11.5 Å². The molecule has 0 aliphatic carbocycles. The van der Waals surface area contributed by atoms with E-state index in [4.69, 9.17) is 16.0 Å². The molecule has 0 saturated carbocycles. The van der Waals surface area contributed by atoms with E-state index < -0.39 is 10.0 Å². The molecular formula is C18H18ClN3O3S. The topological polar surface area (TPSA) is 76.3 Å². The summed E-state index contributed by atoms with van der Waals surface area (Å²) in [4.78, 5) is 0.165. The monoisotopic (exact) mass is 391 g/mol. The van der Waals surface area contributed by atoms with Crippen molar-refractivity contribution in [2.45, 2.75) is 31.3 Å². The van der Waals surface area contributed by atoms with Gasteiger partial charge in [-0.15, -0.1) is 10.2 Å². The summed E-state index contributed by atoms with van der Waals surface area (Å²) in [6, 6.07) is 15.1. The number of hydrogen-bond acceptors (Lipinski definition) is 5. The van der Waals surface area contributed by atoms with Crippen LogP contribution in [0.15, 0.2) is 63.9 Å². The summed E-state index contributed by atoms with van der Waals surface area (Å²) in [5.74, 6) is 0.586. The Morgan fingerprint density at radius 1 is 1.04 bits per heavy atom. The van der Waals surface area contributed by atoms with Crippen molar-refractivity contribution in [3.05, 3.63) is 65.5 Å². The SMILES string of the molecule is CC(C)N(Cc1nnc(-c2ccccc2)o1)S(=O)(=O)c1ccc(Cl)cc1. The molecule has 0 bridgehead atoms. The molecule has 136 valence electrons. The fraction of sp³-hybridized carbons (Fsp3) is 0.222. The lowest BCUT2D eigenvalue weighted by molar-refractivity contribution is 0.313. The molecule has 0 unspecified atom stereocenters. The van der Waals surface area contributed by atoms with Crippen molar-refractivity contribution in [2.75, 3.05) is 0 Å². The Kier molecular flexibility index (Phi) is 5.41. The predicted molar refractivity (Wildman–Crippen MR) is 99.1 cm³/mol. The molecular weight excluding hydrogens is 374 g/mol. The van der Waals surface area contributed by atoms with Gasteiger partial charge in [-0.3, -0.25) is 0 Å². The summed E-state index contributed by atoms with van der Waals surface area (Å²) in [5.41, 5.74) is 0.780. The molecule has 0 saturated heterocycles. The molecule has 0 amide bonds. The van der Waals surface area contributed by atoms with Crippen LogP contribution in [-0.2, 0) is 16.6 Å². The molecule has 0 radical (unpaired) electrons. The largest absolute Gasteiger partial charge is 0.419 e. The Morgan fingerprint density at radius 3 is 2.31 bits per heavy atom. The first-order chi connectivity index (χ1) is 12.4. The van der Waals surface area contributed by atoms with Gasteiger partial charge in [-0.25, -0.2) is 8.42 Å². The summed E-state index contributed by atoms with van der Waals surface area (Å²) in [5, 5.41) is 8.48. The van der Waals surface area contributed by atoms with Gasteiger partial charge in [-0.05, 0) is 50.2 Å². The second-order valence-electron chi connectivity index (χ2n) is 5.96. The van der Waals surface area contributed by atoms with Crippen molar-refractivity contribution in [3.63, 3.8) is 0 Å². The highest BCUT2D eigenvalue weighted by molar-refractivity contribution is 7.89. The summed E-state index contributed by atoms with van der Waals surface area (Å²) in [6.07, 6.45) is 0. The van der Waals surface area contributed by atoms with Crippen LogP contribution in [0.1, 0.15) is 19.7 Å². The molecule has 0 aliphatic rings. The van der Waals surface area contributed by atoms with Gasteiger partial charge in [0.2, 0.25) is 21.8 Å². The number of aromatic nitrogens is 2. The smallest absolute Gasteiger partial charge is 0.247 e. The third-order valence-corrected chi connectivity index (χ3v) is 6.06. The minimum absolute atomic E-state index is 0.0114. The molecule has 0 aliphatic heterocycles. The number of halogens is 1. The van der Waals surface area contributed by atoms with Gasteiger partial charge in [-0.1, -0.05) is 29.8 Å². The molecule has 2 aromatic carbocycles. The van der Waals surface area contributed by atoms with Gasteiger partial charge in [-0.2, -0.15) is 4.31 Å². The maximum absolute atomic E-state index is 13.0. The average Bonchev–Trinajstić information content (AvgIpc) is 3.09. The molecule has 0 N–H and O–H groups in total. The molecule has 26 heavy (non-hydrogen) atoms. The van der Waals surface area contributed by atoms with Crippen LogP contribution in [0.4, 0.5) is 0 Å². The predicted octanol–water partition coefficient (Wildman–Crippen LogP) is 3.99. The van der Waals surface area contributed by atoms with E-state index in [1.807, 2.05) is 30.3 Å². The van der Waals surface area contributed by atoms with E-state index in [2.05, 4.69) is 10.2 Å². The number of nitrogens with zero attached hydrogens (tertiary/aromatic N) is 3. The number of benzene rings is 2. The van der Waals surface area contributed by atoms with Gasteiger partial charge >= 0.3 is 0 Å². The van der Waals surface area contributed by atoms with Gasteiger partial charge in [0, 0.05) is 16.6 Å². The molecule has 0 fully saturated rings. The van der Waals surface area contributed by atoms with Gasteiger partial charge in [0.25, 0.3) is 0 Å². The van der Waals surface area contributed by atoms with Crippen molar-refractivity contribution < 1.29 is 12.8 Å². The normalized spacial score (nSPS) is 12.0. The highest BCUT2D eigenvalue weighted by Gasteiger charge is 2.29. The van der Waals surface area contributed by atoms with Crippen molar-refractivity contribution in [1.82, 2.24) is 14.5 Å². The second kappa shape index (κ2) is 7.57. The number of hydrogen-bond donors (Lipinski definition) is 0. The third kappa shape index (κ3) is 3.95. The maximum Gasteiger partial charge on any atom is 0.247 e. The Hall–Kier alpha value is -2.22. The van der Waals surface area contributed by atoms with Crippen molar-refractivity contribution in [1.29, 1.82) is 0 Å². The minimum atomic E-state index is -3.72. The molecule has 1 aromatic heterocycles. The Labute approximate surface area is 157 Å². The van der Waals surface area contributed by atoms with E-state index in [-0.39, 0.29) is 23.4 Å². The quantitative estimate of drug-likeness (QED) is 0.635. The molecule has 1 heterocycles. The zero-order valence-corrected chi connectivity index (χ0v) is 15.9. The fourth-order valence-electron chi connectivity index (χ4n) is 2.44. The lowest BCUT2D eigenvalue weighted by Gasteiger charge is -2.24. The Bertz CT molecular complexity index is 970. The summed E-state index contributed by atoms with van der Waals surface area (Å²) in [6.45, 7) is 3.58. The van der Waals surface area contributed by atoms with Crippen LogP contribution < -0.4 is 0 Å². The summed E-state index contributed by atoms with van der Waals surface area (Å²) in [7, 11) is -3.72. The van der Waals surface area contributed by atoms with Crippen LogP contribution in [0.2, 0.25) is 5.02 Å². The maximum atomic E-state index is 13.0. The van der Waals surface area contributed by atoms with Crippen LogP contribution >= 0.6 is 11.6 Å². The lowest BCUT2D eigenvalue weighted by atomic mass is 10.2. The van der Waals surface area contributed by atoms with Crippen LogP contribution in [-0.4, -0.2) is 29.0 Å². The fourth-order valence-corrected chi connectivity index (χ4v) is 4.15. The highest BCUT2D eigenvalue weighted by Crippen LogP contribution is 2.24. The van der Waals surface area contributed by atoms with Gasteiger partial charge in [0.15, 0.2) is 0 Å². The van der Waals surface area contributed by atoms with E-state index >= 15 is 0 Å². The zero-order valence-electron chi connectivity index (χ0n) is 14.3. The van der Waals surface area contributed by atoms with Crippen molar-refractivity contribution in [3.8, 4) is 11.5 Å². The summed E-state index contributed by atoms with van der Waals surface area (Å²) >= 11 is 5.85. The Balaban J connectivity index is 1.88. The van der Waals surface area contributed by atoms with Crippen molar-refractivity contribution in [2.24, 2.45) is 0 Å². The standard InChI is InChI=1S/C18H18ClN3O3S/c1-13(2)22(26(23,24)16-10-8-15(19)9-11-16)12-17-20-21-18(25-17)14-6-4-3-5-7-14/h3-11,13H,12H2,1-2H3.